The summed E-state index contributed by atoms with van der Waals surface area (Å²) in [6.07, 6.45) is 4.68. The van der Waals surface area contributed by atoms with Gasteiger partial charge in [-0.1, -0.05) is 49.7 Å². The first-order valence-corrected chi connectivity index (χ1v) is 15.0. The number of rotatable bonds is 13. The molecule has 0 N–H and O–H groups in total. The third-order valence-electron chi connectivity index (χ3n) is 8.01. The lowest BCUT2D eigenvalue weighted by molar-refractivity contribution is 0.112. The van der Waals surface area contributed by atoms with Crippen molar-refractivity contribution in [3.63, 3.8) is 0 Å². The third-order valence-corrected chi connectivity index (χ3v) is 9.16. The molecule has 0 aliphatic carbocycles. The summed E-state index contributed by atoms with van der Waals surface area (Å²) in [4.78, 5) is 8.13. The number of nitrogens with zero attached hydrogens (tertiary/aromatic N) is 2. The number of hydrogen-bond donors (Lipinski definition) is 0. The van der Waals surface area contributed by atoms with Gasteiger partial charge in [-0.15, -0.1) is 11.3 Å². The summed E-state index contributed by atoms with van der Waals surface area (Å²) in [5.41, 5.74) is 4.20. The van der Waals surface area contributed by atoms with Crippen LogP contribution in [0.25, 0.3) is 0 Å². The van der Waals surface area contributed by atoms with Crippen LogP contribution < -0.4 is 14.2 Å². The van der Waals surface area contributed by atoms with Gasteiger partial charge in [-0.3, -0.25) is 4.90 Å². The molecular weight excluding hydrogens is 504 g/mol. The van der Waals surface area contributed by atoms with Gasteiger partial charge in [0.2, 0.25) is 5.75 Å². The molecule has 212 valence electrons. The molecule has 1 aliphatic rings. The molecule has 2 aromatic carbocycles. The second kappa shape index (κ2) is 13.7. The van der Waals surface area contributed by atoms with Gasteiger partial charge in [-0.05, 0) is 61.9 Å². The minimum Gasteiger partial charge on any atom is -0.493 e. The topological polar surface area (TPSA) is 34.2 Å². The van der Waals surface area contributed by atoms with Gasteiger partial charge < -0.3 is 19.1 Å². The Balaban J connectivity index is 1.20. The lowest BCUT2D eigenvalue weighted by Crippen LogP contribution is -2.46. The second-order valence-electron chi connectivity index (χ2n) is 11.6. The largest absolute Gasteiger partial charge is 0.493 e. The Labute approximate surface area is 239 Å². The highest BCUT2D eigenvalue weighted by molar-refractivity contribution is 7.12. The summed E-state index contributed by atoms with van der Waals surface area (Å²) < 4.78 is 16.7. The summed E-state index contributed by atoms with van der Waals surface area (Å²) >= 11 is 1.99. The molecule has 0 atom stereocenters. The highest BCUT2D eigenvalue weighted by Gasteiger charge is 2.24. The van der Waals surface area contributed by atoms with Gasteiger partial charge in [0.15, 0.2) is 11.5 Å². The smallest absolute Gasteiger partial charge is 0.203 e. The lowest BCUT2D eigenvalue weighted by Gasteiger charge is -2.36. The Kier molecular flexibility index (Phi) is 10.3. The molecule has 0 amide bonds. The van der Waals surface area contributed by atoms with Crippen LogP contribution in [0, 0.1) is 12.3 Å². The zero-order valence-corrected chi connectivity index (χ0v) is 25.5. The average Bonchev–Trinajstić information content (AvgIpc) is 3.40. The van der Waals surface area contributed by atoms with Crippen LogP contribution in [0.15, 0.2) is 48.5 Å². The van der Waals surface area contributed by atoms with E-state index in [-0.39, 0.29) is 0 Å². The number of benzene rings is 2. The van der Waals surface area contributed by atoms with Gasteiger partial charge in [0.1, 0.15) is 0 Å². The average molecular weight is 551 g/mol. The van der Waals surface area contributed by atoms with Gasteiger partial charge in [0, 0.05) is 54.5 Å². The summed E-state index contributed by atoms with van der Waals surface area (Å²) in [5.74, 6) is 2.14. The number of ether oxygens (including phenoxy) is 3. The molecule has 0 radical (unpaired) electrons. The first kappa shape index (κ1) is 29.4. The summed E-state index contributed by atoms with van der Waals surface area (Å²) in [6.45, 7) is 13.4. The molecule has 1 saturated heterocycles. The molecule has 3 aromatic rings. The van der Waals surface area contributed by atoms with Crippen molar-refractivity contribution < 1.29 is 14.2 Å². The Morgan fingerprint density at radius 2 is 1.41 bits per heavy atom. The molecule has 1 aromatic heterocycles. The number of aryl methyl sites for hydroxylation is 2. The SMILES string of the molecule is COc1ccc(CN2CCN(CCC(C)(C)CCc3ccc(Cc4ccc(C)cc4)s3)CC2)c(OC)c1OC. The fraction of sp³-hybridized carbons (Fsp3) is 0.515. The van der Waals surface area contributed by atoms with E-state index in [0.29, 0.717) is 16.9 Å². The van der Waals surface area contributed by atoms with Crippen LogP contribution in [0.1, 0.15) is 53.1 Å². The van der Waals surface area contributed by atoms with Gasteiger partial charge in [-0.2, -0.15) is 0 Å². The van der Waals surface area contributed by atoms with E-state index in [1.165, 1.54) is 46.7 Å². The summed E-state index contributed by atoms with van der Waals surface area (Å²) in [6, 6.07) is 17.7. The Morgan fingerprint density at radius 1 is 0.744 bits per heavy atom. The van der Waals surface area contributed by atoms with E-state index in [1.807, 2.05) is 17.4 Å². The van der Waals surface area contributed by atoms with Crippen molar-refractivity contribution in [3.05, 3.63) is 75.0 Å². The van der Waals surface area contributed by atoms with Gasteiger partial charge in [0.25, 0.3) is 0 Å². The predicted molar refractivity (Wildman–Crippen MR) is 163 cm³/mol. The van der Waals surface area contributed by atoms with Crippen LogP contribution in [0.5, 0.6) is 17.2 Å². The molecule has 0 saturated carbocycles. The maximum Gasteiger partial charge on any atom is 0.203 e. The maximum atomic E-state index is 5.69. The van der Waals surface area contributed by atoms with Crippen LogP contribution in [0.2, 0.25) is 0 Å². The molecule has 1 aliphatic heterocycles. The third kappa shape index (κ3) is 8.23. The molecule has 1 fully saturated rings. The number of piperazine rings is 1. The van der Waals surface area contributed by atoms with Crippen LogP contribution >= 0.6 is 11.3 Å². The highest BCUT2D eigenvalue weighted by Crippen LogP contribution is 2.40. The van der Waals surface area contributed by atoms with Crippen LogP contribution in [-0.4, -0.2) is 63.9 Å². The van der Waals surface area contributed by atoms with E-state index >= 15 is 0 Å². The van der Waals surface area contributed by atoms with Crippen LogP contribution in [0.3, 0.4) is 0 Å². The van der Waals surface area contributed by atoms with Gasteiger partial charge >= 0.3 is 0 Å². The van der Waals surface area contributed by atoms with E-state index in [9.17, 15) is 0 Å². The summed E-state index contributed by atoms with van der Waals surface area (Å²) in [5, 5.41) is 0. The molecule has 6 heteroatoms. The van der Waals surface area contributed by atoms with Crippen molar-refractivity contribution in [1.82, 2.24) is 9.80 Å². The Bertz CT molecular complexity index is 1180. The standard InChI is InChI=1S/C33H46N2O3S/c1-25-7-9-26(10-8-25)23-29-13-12-28(39-29)15-16-33(2,3)17-18-34-19-21-35(22-20-34)24-27-11-14-30(36-4)32(38-6)31(27)37-5/h7-14H,15-24H2,1-6H3. The number of methoxy groups -OCH3 is 3. The predicted octanol–water partition coefficient (Wildman–Crippen LogP) is 6.84. The van der Waals surface area contributed by atoms with Crippen LogP contribution in [-0.2, 0) is 19.4 Å². The lowest BCUT2D eigenvalue weighted by atomic mass is 9.84. The molecule has 4 rings (SSSR count). The van der Waals surface area contributed by atoms with Gasteiger partial charge in [-0.25, -0.2) is 0 Å². The van der Waals surface area contributed by atoms with E-state index in [0.717, 1.165) is 50.5 Å². The van der Waals surface area contributed by atoms with E-state index in [4.69, 9.17) is 14.2 Å². The van der Waals surface area contributed by atoms with Crippen molar-refractivity contribution in [3.8, 4) is 17.2 Å². The quantitative estimate of drug-likeness (QED) is 0.233. The molecule has 2 heterocycles. The molecule has 39 heavy (non-hydrogen) atoms. The fourth-order valence-corrected chi connectivity index (χ4v) is 6.36. The molecule has 0 spiro atoms. The number of hydrogen-bond acceptors (Lipinski definition) is 6. The van der Waals surface area contributed by atoms with Crippen LogP contribution in [0.4, 0.5) is 0 Å². The molecular formula is C33H46N2O3S. The Hall–Kier alpha value is -2.54. The number of thiophene rings is 1. The van der Waals surface area contributed by atoms with E-state index < -0.39 is 0 Å². The first-order valence-electron chi connectivity index (χ1n) is 14.2. The molecule has 0 unspecified atom stereocenters. The van der Waals surface area contributed by atoms with E-state index in [2.05, 4.69) is 73.0 Å². The fourth-order valence-electron chi connectivity index (χ4n) is 5.31. The first-order chi connectivity index (χ1) is 18.8. The van der Waals surface area contributed by atoms with Crippen molar-refractivity contribution in [1.29, 1.82) is 0 Å². The van der Waals surface area contributed by atoms with Gasteiger partial charge in [0.05, 0.1) is 21.3 Å². The maximum absolute atomic E-state index is 5.69. The minimum absolute atomic E-state index is 0.339. The minimum atomic E-state index is 0.339. The molecule has 0 bridgehead atoms. The Morgan fingerprint density at radius 3 is 2.08 bits per heavy atom. The monoisotopic (exact) mass is 550 g/mol. The zero-order valence-electron chi connectivity index (χ0n) is 24.7. The zero-order chi connectivity index (χ0) is 27.8. The van der Waals surface area contributed by atoms with Crippen molar-refractivity contribution >= 4 is 11.3 Å². The van der Waals surface area contributed by atoms with Crippen molar-refractivity contribution in [2.24, 2.45) is 5.41 Å². The van der Waals surface area contributed by atoms with E-state index in [1.54, 1.807) is 21.3 Å². The second-order valence-corrected chi connectivity index (χ2v) is 12.8. The van der Waals surface area contributed by atoms with Crippen molar-refractivity contribution in [2.75, 3.05) is 54.1 Å². The normalized spacial score (nSPS) is 14.9. The van der Waals surface area contributed by atoms with Crippen molar-refractivity contribution in [2.45, 2.75) is 53.0 Å². The summed E-state index contributed by atoms with van der Waals surface area (Å²) in [7, 11) is 5.02. The molecule has 5 nitrogen and oxygen atoms in total. The highest BCUT2D eigenvalue weighted by atomic mass is 32.1.